The van der Waals surface area contributed by atoms with Gasteiger partial charge in [-0.15, -0.1) is 13.2 Å². The number of fused-ring (bicyclic) bond motifs is 1. The zero-order valence-corrected chi connectivity index (χ0v) is 7.34. The summed E-state index contributed by atoms with van der Waals surface area (Å²) < 4.78 is 0. The maximum Gasteiger partial charge on any atom is 0.0372 e. The zero-order chi connectivity index (χ0) is 8.81. The van der Waals surface area contributed by atoms with Crippen LogP contribution in [0.5, 0.6) is 0 Å². The fraction of sp³-hybridized carbons (Fsp3) is 0.273. The van der Waals surface area contributed by atoms with Crippen molar-refractivity contribution in [1.82, 2.24) is 0 Å². The maximum absolute atomic E-state index is 3.36. The van der Waals surface area contributed by atoms with Gasteiger partial charge in [0, 0.05) is 12.2 Å². The van der Waals surface area contributed by atoms with Gasteiger partial charge in [-0.3, -0.25) is 0 Å². The van der Waals surface area contributed by atoms with E-state index in [0.29, 0.717) is 0 Å². The Bertz CT molecular complexity index is 218. The number of nitrogens with one attached hydrogen (secondary N) is 1. The van der Waals surface area contributed by atoms with Crippen LogP contribution in [0.1, 0.15) is 12.0 Å². The van der Waals surface area contributed by atoms with Gasteiger partial charge in [0.2, 0.25) is 0 Å². The SMILES string of the molecule is C=C.c1ccc2c(c1)CCCN2. The number of hydrogen-bond acceptors (Lipinski definition) is 1. The molecule has 64 valence electrons. The average molecular weight is 161 g/mol. The van der Waals surface area contributed by atoms with Crippen LogP contribution in [0.4, 0.5) is 5.69 Å². The van der Waals surface area contributed by atoms with Gasteiger partial charge in [0.1, 0.15) is 0 Å². The van der Waals surface area contributed by atoms with Crippen molar-refractivity contribution >= 4 is 5.69 Å². The first-order chi connectivity index (χ1) is 5.97. The third kappa shape index (κ3) is 1.88. The standard InChI is InChI=1S/C9H11N.C2H4/c1-2-6-9-8(4-1)5-3-7-10-9;1-2/h1-2,4,6,10H,3,5,7H2;1-2H2. The molecule has 0 aromatic heterocycles. The second-order valence-corrected chi connectivity index (χ2v) is 2.69. The highest BCUT2D eigenvalue weighted by atomic mass is 14.9. The Morgan fingerprint density at radius 3 is 2.67 bits per heavy atom. The lowest BCUT2D eigenvalue weighted by atomic mass is 10.0. The van der Waals surface area contributed by atoms with E-state index in [0.717, 1.165) is 6.54 Å². The Labute approximate surface area is 74.1 Å². The van der Waals surface area contributed by atoms with E-state index in [1.807, 2.05) is 0 Å². The minimum atomic E-state index is 1.14. The smallest absolute Gasteiger partial charge is 0.0372 e. The molecule has 0 amide bonds. The van der Waals surface area contributed by atoms with Crippen molar-refractivity contribution in [3.05, 3.63) is 43.0 Å². The van der Waals surface area contributed by atoms with Crippen molar-refractivity contribution in [2.75, 3.05) is 11.9 Å². The third-order valence-electron chi connectivity index (χ3n) is 1.96. The van der Waals surface area contributed by atoms with Gasteiger partial charge in [0.25, 0.3) is 0 Å². The van der Waals surface area contributed by atoms with Gasteiger partial charge in [0.15, 0.2) is 0 Å². The molecule has 0 saturated carbocycles. The van der Waals surface area contributed by atoms with Crippen molar-refractivity contribution < 1.29 is 0 Å². The highest BCUT2D eigenvalue weighted by Gasteiger charge is 2.04. The van der Waals surface area contributed by atoms with Crippen molar-refractivity contribution in [3.63, 3.8) is 0 Å². The molecule has 1 aliphatic heterocycles. The topological polar surface area (TPSA) is 12.0 Å². The number of anilines is 1. The average Bonchev–Trinajstić information content (AvgIpc) is 2.21. The quantitative estimate of drug-likeness (QED) is 0.577. The number of benzene rings is 1. The Morgan fingerprint density at radius 1 is 1.17 bits per heavy atom. The van der Waals surface area contributed by atoms with Crippen molar-refractivity contribution in [2.45, 2.75) is 12.8 Å². The molecule has 0 atom stereocenters. The molecule has 0 bridgehead atoms. The summed E-state index contributed by atoms with van der Waals surface area (Å²) >= 11 is 0. The molecule has 0 spiro atoms. The van der Waals surface area contributed by atoms with Gasteiger partial charge in [0.05, 0.1) is 0 Å². The van der Waals surface area contributed by atoms with Gasteiger partial charge in [-0.2, -0.15) is 0 Å². The summed E-state index contributed by atoms with van der Waals surface area (Å²) in [5.74, 6) is 0. The van der Waals surface area contributed by atoms with Crippen LogP contribution in [0.3, 0.4) is 0 Å². The molecule has 12 heavy (non-hydrogen) atoms. The summed E-state index contributed by atoms with van der Waals surface area (Å²) in [6.45, 7) is 7.14. The van der Waals surface area contributed by atoms with E-state index in [-0.39, 0.29) is 0 Å². The van der Waals surface area contributed by atoms with Gasteiger partial charge >= 0.3 is 0 Å². The molecule has 1 heterocycles. The predicted molar refractivity (Wildman–Crippen MR) is 54.5 cm³/mol. The summed E-state index contributed by atoms with van der Waals surface area (Å²) in [5, 5.41) is 3.36. The summed E-state index contributed by atoms with van der Waals surface area (Å²) in [7, 11) is 0. The molecule has 0 radical (unpaired) electrons. The molecule has 0 saturated heterocycles. The molecule has 1 nitrogen and oxygen atoms in total. The van der Waals surface area contributed by atoms with Gasteiger partial charge in [-0.05, 0) is 24.5 Å². The first-order valence-corrected chi connectivity index (χ1v) is 4.28. The summed E-state index contributed by atoms with van der Waals surface area (Å²) in [5.41, 5.74) is 2.79. The first kappa shape index (κ1) is 8.85. The summed E-state index contributed by atoms with van der Waals surface area (Å²) in [6.07, 6.45) is 2.51. The van der Waals surface area contributed by atoms with Crippen LogP contribution in [0, 0.1) is 0 Å². The van der Waals surface area contributed by atoms with E-state index in [1.165, 1.54) is 24.1 Å². The van der Waals surface area contributed by atoms with Crippen LogP contribution < -0.4 is 5.32 Å². The van der Waals surface area contributed by atoms with E-state index < -0.39 is 0 Å². The van der Waals surface area contributed by atoms with Gasteiger partial charge in [-0.1, -0.05) is 18.2 Å². The second kappa shape index (κ2) is 4.60. The lowest BCUT2D eigenvalue weighted by Crippen LogP contribution is -2.10. The summed E-state index contributed by atoms with van der Waals surface area (Å²) in [6, 6.07) is 8.53. The highest BCUT2D eigenvalue weighted by molar-refractivity contribution is 5.52. The number of rotatable bonds is 0. The molecular weight excluding hydrogens is 146 g/mol. The fourth-order valence-electron chi connectivity index (χ4n) is 1.41. The molecule has 0 fully saturated rings. The van der Waals surface area contributed by atoms with Crippen molar-refractivity contribution in [1.29, 1.82) is 0 Å². The number of hydrogen-bond donors (Lipinski definition) is 1. The van der Waals surface area contributed by atoms with Crippen LogP contribution >= 0.6 is 0 Å². The molecule has 1 aromatic carbocycles. The van der Waals surface area contributed by atoms with Crippen LogP contribution in [0.2, 0.25) is 0 Å². The fourth-order valence-corrected chi connectivity index (χ4v) is 1.41. The summed E-state index contributed by atoms with van der Waals surface area (Å²) in [4.78, 5) is 0. The second-order valence-electron chi connectivity index (χ2n) is 2.69. The van der Waals surface area contributed by atoms with Gasteiger partial charge in [-0.25, -0.2) is 0 Å². The molecule has 2 rings (SSSR count). The predicted octanol–water partition coefficient (Wildman–Crippen LogP) is 2.85. The molecular formula is C11H15N. The number of aryl methyl sites for hydroxylation is 1. The third-order valence-corrected chi connectivity index (χ3v) is 1.96. The van der Waals surface area contributed by atoms with Crippen LogP contribution in [-0.4, -0.2) is 6.54 Å². The lowest BCUT2D eigenvalue weighted by Gasteiger charge is -2.16. The molecule has 1 heteroatoms. The monoisotopic (exact) mass is 161 g/mol. The molecule has 0 unspecified atom stereocenters. The van der Waals surface area contributed by atoms with Crippen molar-refractivity contribution in [3.8, 4) is 0 Å². The van der Waals surface area contributed by atoms with Crippen LogP contribution in [0.15, 0.2) is 37.4 Å². The highest BCUT2D eigenvalue weighted by Crippen LogP contribution is 2.19. The minimum Gasteiger partial charge on any atom is -0.385 e. The van der Waals surface area contributed by atoms with Crippen LogP contribution in [0.25, 0.3) is 0 Å². The normalized spacial score (nSPS) is 13.3. The van der Waals surface area contributed by atoms with E-state index in [9.17, 15) is 0 Å². The van der Waals surface area contributed by atoms with E-state index in [1.54, 1.807) is 0 Å². The van der Waals surface area contributed by atoms with E-state index >= 15 is 0 Å². The largest absolute Gasteiger partial charge is 0.385 e. The minimum absolute atomic E-state index is 1.14. The molecule has 1 aliphatic rings. The van der Waals surface area contributed by atoms with E-state index in [4.69, 9.17) is 0 Å². The maximum atomic E-state index is 3.36. The Hall–Kier alpha value is -1.24. The Kier molecular flexibility index (Phi) is 3.39. The molecule has 1 aromatic rings. The lowest BCUT2D eigenvalue weighted by molar-refractivity contribution is 0.830. The first-order valence-electron chi connectivity index (χ1n) is 4.28. The molecule has 1 N–H and O–H groups in total. The zero-order valence-electron chi connectivity index (χ0n) is 7.34. The van der Waals surface area contributed by atoms with Crippen LogP contribution in [-0.2, 0) is 6.42 Å². The van der Waals surface area contributed by atoms with E-state index in [2.05, 4.69) is 42.7 Å². The number of para-hydroxylation sites is 1. The Morgan fingerprint density at radius 2 is 1.92 bits per heavy atom. The molecule has 0 aliphatic carbocycles. The Balaban J connectivity index is 0.000000336. The van der Waals surface area contributed by atoms with Gasteiger partial charge < -0.3 is 5.32 Å². The van der Waals surface area contributed by atoms with Crippen molar-refractivity contribution in [2.24, 2.45) is 0 Å².